The van der Waals surface area contributed by atoms with Gasteiger partial charge in [-0.1, -0.05) is 11.6 Å². The molecular weight excluding hydrogens is 289 g/mol. The first kappa shape index (κ1) is 11.8. The summed E-state index contributed by atoms with van der Waals surface area (Å²) in [5.41, 5.74) is 0.926. The van der Waals surface area contributed by atoms with Gasteiger partial charge in [-0.15, -0.1) is 22.7 Å². The number of hydrogen-bond acceptors (Lipinski definition) is 3. The Kier molecular flexibility index (Phi) is 3.16. The molecule has 0 saturated carbocycles. The van der Waals surface area contributed by atoms with Gasteiger partial charge in [0.05, 0.1) is 9.21 Å². The highest BCUT2D eigenvalue weighted by Crippen LogP contribution is 2.37. The molecule has 0 atom stereocenters. The number of thiophene rings is 1. The third kappa shape index (κ3) is 2.32. The Morgan fingerprint density at radius 3 is 2.39 bits per heavy atom. The van der Waals surface area contributed by atoms with E-state index >= 15 is 0 Å². The van der Waals surface area contributed by atoms with Crippen molar-refractivity contribution in [2.75, 3.05) is 0 Å². The molecule has 0 N–H and O–H groups in total. The van der Waals surface area contributed by atoms with Gasteiger partial charge in [-0.3, -0.25) is 0 Å². The van der Waals surface area contributed by atoms with E-state index in [4.69, 9.17) is 11.6 Å². The van der Waals surface area contributed by atoms with Gasteiger partial charge in [0.15, 0.2) is 0 Å². The van der Waals surface area contributed by atoms with Gasteiger partial charge in [0.2, 0.25) is 0 Å². The molecule has 1 nitrogen and oxygen atoms in total. The zero-order valence-corrected chi connectivity index (χ0v) is 11.5. The Labute approximate surface area is 117 Å². The summed E-state index contributed by atoms with van der Waals surface area (Å²) in [5.74, 6) is -0.236. The lowest BCUT2D eigenvalue weighted by Gasteiger charge is -1.94. The Morgan fingerprint density at radius 2 is 1.72 bits per heavy atom. The summed E-state index contributed by atoms with van der Waals surface area (Å²) in [6, 6.07) is 10.2. The van der Waals surface area contributed by atoms with Gasteiger partial charge in [0, 0.05) is 16.6 Å². The van der Waals surface area contributed by atoms with Crippen molar-refractivity contribution in [3.8, 4) is 20.3 Å². The number of halogens is 2. The fourth-order valence-electron chi connectivity index (χ4n) is 1.56. The molecule has 0 fully saturated rings. The van der Waals surface area contributed by atoms with E-state index in [0.717, 1.165) is 24.7 Å². The molecule has 3 rings (SSSR count). The largest absolute Gasteiger partial charge is 0.244 e. The van der Waals surface area contributed by atoms with Crippen LogP contribution in [0.25, 0.3) is 20.3 Å². The molecule has 90 valence electrons. The molecule has 2 aromatic heterocycles. The first-order chi connectivity index (χ1) is 8.72. The summed E-state index contributed by atoms with van der Waals surface area (Å²) < 4.78 is 13.6. The van der Waals surface area contributed by atoms with Crippen molar-refractivity contribution in [3.63, 3.8) is 0 Å². The second-order valence-electron chi connectivity index (χ2n) is 3.64. The van der Waals surface area contributed by atoms with E-state index in [-0.39, 0.29) is 5.82 Å². The fraction of sp³-hybridized carbons (Fsp3) is 0. The highest BCUT2D eigenvalue weighted by atomic mass is 35.5. The SMILES string of the molecule is Fc1ccc(-c2ncc(-c3ccc(Cl)s3)s2)cc1. The van der Waals surface area contributed by atoms with Crippen LogP contribution in [0, 0.1) is 5.82 Å². The molecular formula is C13H7ClFNS2. The Bertz CT molecular complexity index is 672. The van der Waals surface area contributed by atoms with Crippen LogP contribution in [-0.2, 0) is 0 Å². The summed E-state index contributed by atoms with van der Waals surface area (Å²) in [6.07, 6.45) is 1.82. The fourth-order valence-corrected chi connectivity index (χ4v) is 3.60. The summed E-state index contributed by atoms with van der Waals surface area (Å²) >= 11 is 9.02. The molecule has 3 aromatic rings. The predicted molar refractivity (Wildman–Crippen MR) is 75.8 cm³/mol. The van der Waals surface area contributed by atoms with Crippen LogP contribution in [0.1, 0.15) is 0 Å². The molecule has 0 aliphatic rings. The maximum atomic E-state index is 12.8. The van der Waals surface area contributed by atoms with Crippen molar-refractivity contribution in [1.82, 2.24) is 4.98 Å². The molecule has 0 aliphatic heterocycles. The first-order valence-electron chi connectivity index (χ1n) is 5.20. The van der Waals surface area contributed by atoms with Gasteiger partial charge < -0.3 is 0 Å². The number of thiazole rings is 1. The van der Waals surface area contributed by atoms with E-state index in [1.807, 2.05) is 18.3 Å². The first-order valence-corrected chi connectivity index (χ1v) is 7.21. The van der Waals surface area contributed by atoms with Crippen LogP contribution in [0.4, 0.5) is 4.39 Å². The zero-order chi connectivity index (χ0) is 12.5. The molecule has 1 aromatic carbocycles. The lowest BCUT2D eigenvalue weighted by molar-refractivity contribution is 0.628. The van der Waals surface area contributed by atoms with Gasteiger partial charge in [-0.25, -0.2) is 9.37 Å². The van der Waals surface area contributed by atoms with E-state index in [1.54, 1.807) is 23.5 Å². The lowest BCUT2D eigenvalue weighted by Crippen LogP contribution is -1.76. The second kappa shape index (κ2) is 4.80. The second-order valence-corrected chi connectivity index (χ2v) is 6.39. The standard InChI is InChI=1S/C13H7ClFNS2/c14-12-6-5-10(17-12)11-7-16-13(18-11)8-1-3-9(15)4-2-8/h1-7H. The van der Waals surface area contributed by atoms with Crippen LogP contribution in [0.2, 0.25) is 4.34 Å². The van der Waals surface area contributed by atoms with Crippen LogP contribution in [0.5, 0.6) is 0 Å². The summed E-state index contributed by atoms with van der Waals surface area (Å²) in [4.78, 5) is 6.54. The van der Waals surface area contributed by atoms with Crippen molar-refractivity contribution < 1.29 is 4.39 Å². The maximum absolute atomic E-state index is 12.8. The molecule has 0 saturated heterocycles. The Morgan fingerprint density at radius 1 is 0.944 bits per heavy atom. The zero-order valence-electron chi connectivity index (χ0n) is 9.06. The van der Waals surface area contributed by atoms with Crippen molar-refractivity contribution >= 4 is 34.3 Å². The molecule has 2 heterocycles. The van der Waals surface area contributed by atoms with E-state index in [2.05, 4.69) is 4.98 Å². The number of rotatable bonds is 2. The van der Waals surface area contributed by atoms with Crippen molar-refractivity contribution in [3.05, 3.63) is 52.7 Å². The van der Waals surface area contributed by atoms with Gasteiger partial charge in [-0.2, -0.15) is 0 Å². The number of nitrogens with zero attached hydrogens (tertiary/aromatic N) is 1. The highest BCUT2D eigenvalue weighted by Gasteiger charge is 2.08. The van der Waals surface area contributed by atoms with Crippen LogP contribution in [0.15, 0.2) is 42.6 Å². The van der Waals surface area contributed by atoms with E-state index in [0.29, 0.717) is 0 Å². The maximum Gasteiger partial charge on any atom is 0.123 e. The number of benzene rings is 1. The Hall–Kier alpha value is -1.23. The summed E-state index contributed by atoms with van der Waals surface area (Å²) in [6.45, 7) is 0. The van der Waals surface area contributed by atoms with Gasteiger partial charge in [0.25, 0.3) is 0 Å². The minimum atomic E-state index is -0.236. The molecule has 0 spiro atoms. The average molecular weight is 296 g/mol. The summed E-state index contributed by atoms with van der Waals surface area (Å²) in [7, 11) is 0. The van der Waals surface area contributed by atoms with Gasteiger partial charge in [-0.05, 0) is 36.4 Å². The van der Waals surface area contributed by atoms with E-state index < -0.39 is 0 Å². The molecule has 5 heteroatoms. The molecule has 18 heavy (non-hydrogen) atoms. The monoisotopic (exact) mass is 295 g/mol. The van der Waals surface area contributed by atoms with Crippen LogP contribution >= 0.6 is 34.3 Å². The van der Waals surface area contributed by atoms with Gasteiger partial charge >= 0.3 is 0 Å². The van der Waals surface area contributed by atoms with Crippen molar-refractivity contribution in [1.29, 1.82) is 0 Å². The lowest BCUT2D eigenvalue weighted by atomic mass is 10.2. The minimum absolute atomic E-state index is 0.236. The van der Waals surface area contributed by atoms with Crippen LogP contribution in [-0.4, -0.2) is 4.98 Å². The quantitative estimate of drug-likeness (QED) is 0.622. The number of hydrogen-bond donors (Lipinski definition) is 0. The summed E-state index contributed by atoms with van der Waals surface area (Å²) in [5, 5.41) is 0.884. The third-order valence-corrected chi connectivity index (χ3v) is 4.89. The third-order valence-electron chi connectivity index (χ3n) is 2.41. The van der Waals surface area contributed by atoms with Crippen molar-refractivity contribution in [2.24, 2.45) is 0 Å². The minimum Gasteiger partial charge on any atom is -0.244 e. The van der Waals surface area contributed by atoms with Gasteiger partial charge in [0.1, 0.15) is 10.8 Å². The average Bonchev–Trinajstić information content (AvgIpc) is 2.98. The van der Waals surface area contributed by atoms with E-state index in [1.165, 1.54) is 23.5 Å². The topological polar surface area (TPSA) is 12.9 Å². The highest BCUT2D eigenvalue weighted by molar-refractivity contribution is 7.25. The smallest absolute Gasteiger partial charge is 0.123 e. The Balaban J connectivity index is 1.96. The molecule has 0 aliphatic carbocycles. The van der Waals surface area contributed by atoms with Crippen molar-refractivity contribution in [2.45, 2.75) is 0 Å². The normalized spacial score (nSPS) is 10.8. The predicted octanol–water partition coefficient (Wildman–Crippen LogP) is 5.33. The molecule has 0 unspecified atom stereocenters. The number of aromatic nitrogens is 1. The van der Waals surface area contributed by atoms with E-state index in [9.17, 15) is 4.39 Å². The van der Waals surface area contributed by atoms with Crippen LogP contribution in [0.3, 0.4) is 0 Å². The molecule has 0 radical (unpaired) electrons. The molecule has 0 amide bonds. The van der Waals surface area contributed by atoms with Crippen LogP contribution < -0.4 is 0 Å². The molecule has 0 bridgehead atoms.